The maximum Gasteiger partial charge on any atom is 0.191 e. The van der Waals surface area contributed by atoms with Crippen molar-refractivity contribution < 1.29 is 0 Å². The molecule has 1 unspecified atom stereocenters. The number of nitrogens with zero attached hydrogens (tertiary/aromatic N) is 3. The van der Waals surface area contributed by atoms with Crippen LogP contribution in [0.25, 0.3) is 0 Å². The van der Waals surface area contributed by atoms with Crippen molar-refractivity contribution in [3.63, 3.8) is 0 Å². The lowest BCUT2D eigenvalue weighted by atomic mass is 10.2. The van der Waals surface area contributed by atoms with Crippen LogP contribution in [0.1, 0.15) is 40.5 Å². The molecule has 0 radical (unpaired) electrons. The molecule has 1 fully saturated rings. The molecule has 26 heavy (non-hydrogen) atoms. The van der Waals surface area contributed by atoms with Crippen molar-refractivity contribution in [3.05, 3.63) is 30.3 Å². The van der Waals surface area contributed by atoms with E-state index >= 15 is 0 Å². The molecule has 1 heterocycles. The molecule has 1 atom stereocenters. The second-order valence-corrected chi connectivity index (χ2v) is 7.69. The van der Waals surface area contributed by atoms with Crippen molar-refractivity contribution in [1.29, 1.82) is 0 Å². The average Bonchev–Trinajstić information content (AvgIpc) is 3.09. The lowest BCUT2D eigenvalue weighted by Crippen LogP contribution is -2.45. The summed E-state index contributed by atoms with van der Waals surface area (Å²) >= 11 is 0. The minimum atomic E-state index is 0.448. The third-order valence-corrected chi connectivity index (χ3v) is 5.09. The van der Waals surface area contributed by atoms with Gasteiger partial charge in [-0.05, 0) is 52.7 Å². The van der Waals surface area contributed by atoms with Crippen molar-refractivity contribution in [2.24, 2.45) is 4.99 Å². The largest absolute Gasteiger partial charge is 0.369 e. The molecule has 2 rings (SSSR count). The monoisotopic (exact) mass is 359 g/mol. The third-order valence-electron chi connectivity index (χ3n) is 5.09. The average molecular weight is 360 g/mol. The van der Waals surface area contributed by atoms with E-state index < -0.39 is 0 Å². The van der Waals surface area contributed by atoms with Gasteiger partial charge in [0, 0.05) is 57.0 Å². The zero-order valence-corrected chi connectivity index (χ0v) is 17.2. The minimum absolute atomic E-state index is 0.448. The first kappa shape index (κ1) is 20.6. The SMILES string of the molecule is CN=C(NCCCN(C(C)C)C(C)C)NC1CCN(c2ccccc2)C1. The molecule has 146 valence electrons. The quantitative estimate of drug-likeness (QED) is 0.425. The first-order valence-electron chi connectivity index (χ1n) is 10.0. The van der Waals surface area contributed by atoms with Gasteiger partial charge in [0.15, 0.2) is 5.96 Å². The second-order valence-electron chi connectivity index (χ2n) is 7.69. The van der Waals surface area contributed by atoms with E-state index in [-0.39, 0.29) is 0 Å². The summed E-state index contributed by atoms with van der Waals surface area (Å²) < 4.78 is 0. The van der Waals surface area contributed by atoms with Gasteiger partial charge in [0.1, 0.15) is 0 Å². The molecular weight excluding hydrogens is 322 g/mol. The summed E-state index contributed by atoms with van der Waals surface area (Å²) in [5.74, 6) is 0.922. The van der Waals surface area contributed by atoms with Crippen LogP contribution in [0.4, 0.5) is 5.69 Å². The van der Waals surface area contributed by atoms with E-state index in [0.29, 0.717) is 18.1 Å². The van der Waals surface area contributed by atoms with E-state index in [1.165, 1.54) is 5.69 Å². The van der Waals surface area contributed by atoms with E-state index in [9.17, 15) is 0 Å². The molecule has 1 saturated heterocycles. The topological polar surface area (TPSA) is 42.9 Å². The molecule has 0 aromatic heterocycles. The summed E-state index contributed by atoms with van der Waals surface area (Å²) in [5.41, 5.74) is 1.31. The summed E-state index contributed by atoms with van der Waals surface area (Å²) in [6, 6.07) is 12.3. The van der Waals surface area contributed by atoms with E-state index in [0.717, 1.165) is 45.0 Å². The van der Waals surface area contributed by atoms with Gasteiger partial charge < -0.3 is 15.5 Å². The second kappa shape index (κ2) is 10.4. The molecule has 5 nitrogen and oxygen atoms in total. The zero-order valence-electron chi connectivity index (χ0n) is 17.2. The van der Waals surface area contributed by atoms with Crippen LogP contribution >= 0.6 is 0 Å². The molecule has 0 amide bonds. The van der Waals surface area contributed by atoms with Gasteiger partial charge in [-0.15, -0.1) is 0 Å². The fraction of sp³-hybridized carbons (Fsp3) is 0.667. The lowest BCUT2D eigenvalue weighted by molar-refractivity contribution is 0.173. The number of anilines is 1. The fourth-order valence-corrected chi connectivity index (χ4v) is 3.72. The van der Waals surface area contributed by atoms with Crippen molar-refractivity contribution in [3.8, 4) is 0 Å². The Morgan fingerprint density at radius 1 is 1.19 bits per heavy atom. The number of nitrogens with one attached hydrogen (secondary N) is 2. The van der Waals surface area contributed by atoms with E-state index in [1.807, 2.05) is 7.05 Å². The number of hydrogen-bond acceptors (Lipinski definition) is 3. The molecule has 0 saturated carbocycles. The first-order chi connectivity index (χ1) is 12.5. The van der Waals surface area contributed by atoms with Crippen LogP contribution in [-0.4, -0.2) is 62.2 Å². The Morgan fingerprint density at radius 3 is 2.50 bits per heavy atom. The van der Waals surface area contributed by atoms with E-state index in [1.54, 1.807) is 0 Å². The number of hydrogen-bond donors (Lipinski definition) is 2. The number of aliphatic imine (C=N–C) groups is 1. The van der Waals surface area contributed by atoms with Gasteiger partial charge in [-0.25, -0.2) is 0 Å². The molecule has 1 aromatic carbocycles. The highest BCUT2D eigenvalue weighted by atomic mass is 15.2. The van der Waals surface area contributed by atoms with Crippen LogP contribution in [0.5, 0.6) is 0 Å². The van der Waals surface area contributed by atoms with Gasteiger partial charge in [0.05, 0.1) is 0 Å². The van der Waals surface area contributed by atoms with Gasteiger partial charge in [0.2, 0.25) is 0 Å². The molecule has 5 heteroatoms. The smallest absolute Gasteiger partial charge is 0.191 e. The molecule has 1 aromatic rings. The summed E-state index contributed by atoms with van der Waals surface area (Å²) in [5, 5.41) is 7.06. The standard InChI is InChI=1S/C21H37N5/c1-17(2)26(18(3)4)14-9-13-23-21(22-5)24-19-12-15-25(16-19)20-10-7-6-8-11-20/h6-8,10-11,17-19H,9,12-16H2,1-5H3,(H2,22,23,24). The van der Waals surface area contributed by atoms with Crippen molar-refractivity contribution in [1.82, 2.24) is 15.5 Å². The summed E-state index contributed by atoms with van der Waals surface area (Å²) in [7, 11) is 1.85. The summed E-state index contributed by atoms with van der Waals surface area (Å²) in [6.07, 6.45) is 2.27. The van der Waals surface area contributed by atoms with Crippen LogP contribution in [0.3, 0.4) is 0 Å². The Morgan fingerprint density at radius 2 is 1.88 bits per heavy atom. The van der Waals surface area contributed by atoms with E-state index in [2.05, 4.69) is 83.5 Å². The van der Waals surface area contributed by atoms with E-state index in [4.69, 9.17) is 0 Å². The van der Waals surface area contributed by atoms with Crippen molar-refractivity contribution >= 4 is 11.6 Å². The normalized spacial score (nSPS) is 18.2. The Bertz CT molecular complexity index is 533. The molecule has 2 N–H and O–H groups in total. The first-order valence-corrected chi connectivity index (χ1v) is 10.0. The highest BCUT2D eigenvalue weighted by Crippen LogP contribution is 2.19. The fourth-order valence-electron chi connectivity index (χ4n) is 3.72. The van der Waals surface area contributed by atoms with Crippen LogP contribution in [0.2, 0.25) is 0 Å². The van der Waals surface area contributed by atoms with Gasteiger partial charge in [-0.3, -0.25) is 9.89 Å². The number of rotatable bonds is 8. The molecule has 0 bridgehead atoms. The predicted molar refractivity (Wildman–Crippen MR) is 113 cm³/mol. The molecule has 0 spiro atoms. The lowest BCUT2D eigenvalue weighted by Gasteiger charge is -2.30. The summed E-state index contributed by atoms with van der Waals surface area (Å²) in [6.45, 7) is 13.3. The molecule has 1 aliphatic rings. The zero-order chi connectivity index (χ0) is 18.9. The van der Waals surface area contributed by atoms with Crippen molar-refractivity contribution in [2.45, 2.75) is 58.7 Å². The number of para-hydroxylation sites is 1. The molecule has 1 aliphatic heterocycles. The van der Waals surface area contributed by atoms with Gasteiger partial charge in [-0.1, -0.05) is 18.2 Å². The third kappa shape index (κ3) is 6.20. The minimum Gasteiger partial charge on any atom is -0.369 e. The van der Waals surface area contributed by atoms with Gasteiger partial charge in [0.25, 0.3) is 0 Å². The Labute approximate surface area is 159 Å². The maximum absolute atomic E-state index is 4.40. The van der Waals surface area contributed by atoms with Crippen LogP contribution in [-0.2, 0) is 0 Å². The molecular formula is C21H37N5. The Kier molecular flexibility index (Phi) is 8.23. The van der Waals surface area contributed by atoms with Crippen molar-refractivity contribution in [2.75, 3.05) is 38.1 Å². The van der Waals surface area contributed by atoms with Crippen LogP contribution < -0.4 is 15.5 Å². The molecule has 0 aliphatic carbocycles. The number of benzene rings is 1. The van der Waals surface area contributed by atoms with Crippen LogP contribution in [0, 0.1) is 0 Å². The highest BCUT2D eigenvalue weighted by Gasteiger charge is 2.23. The maximum atomic E-state index is 4.40. The van der Waals surface area contributed by atoms with Gasteiger partial charge >= 0.3 is 0 Å². The highest BCUT2D eigenvalue weighted by molar-refractivity contribution is 5.80. The Balaban J connectivity index is 1.71. The number of guanidine groups is 1. The van der Waals surface area contributed by atoms with Gasteiger partial charge in [-0.2, -0.15) is 0 Å². The Hall–Kier alpha value is -1.75. The predicted octanol–water partition coefficient (Wildman–Crippen LogP) is 2.94. The van der Waals surface area contributed by atoms with Crippen LogP contribution in [0.15, 0.2) is 35.3 Å². The summed E-state index contributed by atoms with van der Waals surface area (Å²) in [4.78, 5) is 9.37.